The lowest BCUT2D eigenvalue weighted by Gasteiger charge is -2.30. The summed E-state index contributed by atoms with van der Waals surface area (Å²) in [5.74, 6) is -0.427. The fourth-order valence-corrected chi connectivity index (χ4v) is 3.08. The predicted octanol–water partition coefficient (Wildman–Crippen LogP) is 2.86. The number of para-hydroxylation sites is 2. The number of amides is 1. The van der Waals surface area contributed by atoms with E-state index in [1.54, 1.807) is 24.3 Å². The third-order valence-corrected chi connectivity index (χ3v) is 4.63. The van der Waals surface area contributed by atoms with Gasteiger partial charge in [0.2, 0.25) is 0 Å². The number of piperidine rings is 1. The Kier molecular flexibility index (Phi) is 5.68. The van der Waals surface area contributed by atoms with E-state index in [1.807, 2.05) is 30.3 Å². The highest BCUT2D eigenvalue weighted by atomic mass is 16.3. The van der Waals surface area contributed by atoms with Crippen molar-refractivity contribution in [2.75, 3.05) is 30.8 Å². The van der Waals surface area contributed by atoms with Crippen LogP contribution in [0.4, 0.5) is 11.4 Å². The molecule has 0 bridgehead atoms. The minimum Gasteiger partial charge on any atom is -0.381 e. The van der Waals surface area contributed by atoms with Crippen LogP contribution in [0.5, 0.6) is 0 Å². The van der Waals surface area contributed by atoms with Gasteiger partial charge in [-0.1, -0.05) is 42.5 Å². The van der Waals surface area contributed by atoms with Crippen molar-refractivity contribution in [3.63, 3.8) is 0 Å². The highest BCUT2D eigenvalue weighted by molar-refractivity contribution is 5.97. The molecule has 0 radical (unpaired) electrons. The molecule has 1 unspecified atom stereocenters. The van der Waals surface area contributed by atoms with E-state index in [0.717, 1.165) is 31.6 Å². The second-order valence-corrected chi connectivity index (χ2v) is 6.57. The average molecular weight is 339 g/mol. The van der Waals surface area contributed by atoms with Gasteiger partial charge in [0, 0.05) is 6.04 Å². The van der Waals surface area contributed by atoms with Crippen LogP contribution in [0, 0.1) is 0 Å². The third kappa shape index (κ3) is 4.59. The number of anilines is 2. The van der Waals surface area contributed by atoms with Crippen LogP contribution < -0.4 is 10.6 Å². The Bertz CT molecular complexity index is 697. The van der Waals surface area contributed by atoms with Gasteiger partial charge in [-0.3, -0.25) is 4.79 Å². The fourth-order valence-electron chi connectivity index (χ4n) is 3.08. The molecule has 2 aromatic carbocycles. The van der Waals surface area contributed by atoms with Crippen LogP contribution in [0.1, 0.15) is 24.5 Å². The second-order valence-electron chi connectivity index (χ2n) is 6.57. The Balaban J connectivity index is 1.67. The van der Waals surface area contributed by atoms with Gasteiger partial charge in [0.1, 0.15) is 0 Å². The largest absolute Gasteiger partial charge is 0.381 e. The number of likely N-dealkylation sites (tertiary alicyclic amines) is 1. The van der Waals surface area contributed by atoms with Crippen molar-refractivity contribution < 1.29 is 9.90 Å². The first-order chi connectivity index (χ1) is 12.1. The summed E-state index contributed by atoms with van der Waals surface area (Å²) in [6, 6.07) is 17.0. The predicted molar refractivity (Wildman–Crippen MR) is 101 cm³/mol. The summed E-state index contributed by atoms with van der Waals surface area (Å²) >= 11 is 0. The van der Waals surface area contributed by atoms with Crippen molar-refractivity contribution in [1.82, 2.24) is 4.90 Å². The van der Waals surface area contributed by atoms with Crippen LogP contribution in [0.3, 0.4) is 0 Å². The molecular formula is C20H25N3O2. The number of carbonyl (C=O) groups excluding carboxylic acids is 1. The minimum absolute atomic E-state index is 0.397. The number of benzene rings is 2. The van der Waals surface area contributed by atoms with E-state index >= 15 is 0 Å². The fraction of sp³-hybridized carbons (Fsp3) is 0.350. The molecule has 25 heavy (non-hydrogen) atoms. The topological polar surface area (TPSA) is 64.6 Å². The normalized spacial score (nSPS) is 17.0. The Morgan fingerprint density at radius 2 is 1.64 bits per heavy atom. The lowest BCUT2D eigenvalue weighted by molar-refractivity contribution is -0.124. The summed E-state index contributed by atoms with van der Waals surface area (Å²) in [6.45, 7) is 2.14. The molecule has 5 heteroatoms. The highest BCUT2D eigenvalue weighted by Crippen LogP contribution is 2.25. The highest BCUT2D eigenvalue weighted by Gasteiger charge is 2.20. The van der Waals surface area contributed by atoms with E-state index in [0.29, 0.717) is 17.3 Å². The number of aliphatic hydroxyl groups is 1. The maximum absolute atomic E-state index is 12.4. The average Bonchev–Trinajstić information content (AvgIpc) is 2.65. The zero-order valence-electron chi connectivity index (χ0n) is 14.5. The van der Waals surface area contributed by atoms with Crippen LogP contribution >= 0.6 is 0 Å². The van der Waals surface area contributed by atoms with Crippen LogP contribution in [-0.4, -0.2) is 42.1 Å². The Morgan fingerprint density at radius 3 is 2.32 bits per heavy atom. The van der Waals surface area contributed by atoms with Gasteiger partial charge in [-0.15, -0.1) is 0 Å². The number of aliphatic hydroxyl groups excluding tert-OH is 1. The molecule has 0 aromatic heterocycles. The monoisotopic (exact) mass is 339 g/mol. The van der Waals surface area contributed by atoms with Gasteiger partial charge in [-0.2, -0.15) is 0 Å². The van der Waals surface area contributed by atoms with E-state index in [2.05, 4.69) is 22.6 Å². The lowest BCUT2D eigenvalue weighted by atomic mass is 10.0. The molecule has 5 nitrogen and oxygen atoms in total. The van der Waals surface area contributed by atoms with Crippen LogP contribution in [0.2, 0.25) is 0 Å². The quantitative estimate of drug-likeness (QED) is 0.784. The number of nitrogens with zero attached hydrogens (tertiary/aromatic N) is 1. The lowest BCUT2D eigenvalue weighted by Crippen LogP contribution is -2.36. The van der Waals surface area contributed by atoms with Crippen LogP contribution in [-0.2, 0) is 4.79 Å². The van der Waals surface area contributed by atoms with E-state index in [-0.39, 0.29) is 0 Å². The molecule has 1 aliphatic heterocycles. The number of nitrogens with one attached hydrogen (secondary N) is 2. The van der Waals surface area contributed by atoms with Crippen molar-refractivity contribution in [1.29, 1.82) is 0 Å². The van der Waals surface area contributed by atoms with Gasteiger partial charge in [0.15, 0.2) is 6.10 Å². The van der Waals surface area contributed by atoms with Gasteiger partial charge >= 0.3 is 0 Å². The van der Waals surface area contributed by atoms with Crippen molar-refractivity contribution in [2.24, 2.45) is 0 Å². The molecule has 132 valence electrons. The third-order valence-electron chi connectivity index (χ3n) is 4.63. The zero-order chi connectivity index (χ0) is 17.6. The molecule has 0 aliphatic carbocycles. The van der Waals surface area contributed by atoms with Crippen molar-refractivity contribution in [3.05, 3.63) is 60.2 Å². The van der Waals surface area contributed by atoms with Crippen molar-refractivity contribution in [2.45, 2.75) is 25.0 Å². The first kappa shape index (κ1) is 17.5. The molecule has 1 heterocycles. The molecule has 3 N–H and O–H groups in total. The first-order valence-electron chi connectivity index (χ1n) is 8.71. The SMILES string of the molecule is CN1CCC(Nc2ccccc2NC(=O)C(O)c2ccccc2)CC1. The molecule has 0 spiro atoms. The Labute approximate surface area is 148 Å². The summed E-state index contributed by atoms with van der Waals surface area (Å²) < 4.78 is 0. The van der Waals surface area contributed by atoms with Gasteiger partial charge in [-0.25, -0.2) is 0 Å². The summed E-state index contributed by atoms with van der Waals surface area (Å²) in [5.41, 5.74) is 2.17. The smallest absolute Gasteiger partial charge is 0.257 e. The molecule has 1 amide bonds. The van der Waals surface area contributed by atoms with Crippen molar-refractivity contribution >= 4 is 17.3 Å². The Hall–Kier alpha value is -2.37. The molecule has 3 rings (SSSR count). The molecule has 0 saturated carbocycles. The van der Waals surface area contributed by atoms with Gasteiger partial charge in [0.25, 0.3) is 5.91 Å². The molecular weight excluding hydrogens is 314 g/mol. The van der Waals surface area contributed by atoms with Crippen LogP contribution in [0.15, 0.2) is 54.6 Å². The first-order valence-corrected chi connectivity index (χ1v) is 8.71. The Morgan fingerprint density at radius 1 is 1.04 bits per heavy atom. The van der Waals surface area contributed by atoms with E-state index < -0.39 is 12.0 Å². The number of hydrogen-bond donors (Lipinski definition) is 3. The zero-order valence-corrected chi connectivity index (χ0v) is 14.5. The van der Waals surface area contributed by atoms with Gasteiger partial charge in [-0.05, 0) is 50.7 Å². The summed E-state index contributed by atoms with van der Waals surface area (Å²) in [5, 5.41) is 16.6. The molecule has 2 aromatic rings. The maximum atomic E-state index is 12.4. The van der Waals surface area contributed by atoms with E-state index in [1.165, 1.54) is 0 Å². The van der Waals surface area contributed by atoms with Gasteiger partial charge < -0.3 is 20.6 Å². The number of carbonyl (C=O) groups is 1. The van der Waals surface area contributed by atoms with Crippen molar-refractivity contribution in [3.8, 4) is 0 Å². The molecule has 1 fully saturated rings. The molecule has 1 atom stereocenters. The number of hydrogen-bond acceptors (Lipinski definition) is 4. The molecule has 1 aliphatic rings. The summed E-state index contributed by atoms with van der Waals surface area (Å²) in [6.07, 6.45) is 0.967. The molecule has 1 saturated heterocycles. The van der Waals surface area contributed by atoms with E-state index in [9.17, 15) is 9.90 Å². The van der Waals surface area contributed by atoms with E-state index in [4.69, 9.17) is 0 Å². The maximum Gasteiger partial charge on any atom is 0.257 e. The summed E-state index contributed by atoms with van der Waals surface area (Å²) in [4.78, 5) is 14.7. The minimum atomic E-state index is -1.18. The second kappa shape index (κ2) is 8.14. The summed E-state index contributed by atoms with van der Waals surface area (Å²) in [7, 11) is 2.13. The number of rotatable bonds is 5. The van der Waals surface area contributed by atoms with Gasteiger partial charge in [0.05, 0.1) is 11.4 Å². The standard InChI is InChI=1S/C20H25N3O2/c1-23-13-11-16(12-14-23)21-17-9-5-6-10-18(17)22-20(25)19(24)15-7-3-2-4-8-15/h2-10,16,19,21,24H,11-14H2,1H3,(H,22,25). The van der Waals surface area contributed by atoms with Crippen LogP contribution in [0.25, 0.3) is 0 Å².